The molecule has 0 fully saturated rings. The third kappa shape index (κ3) is 2.79. The average molecular weight is 350 g/mol. The Labute approximate surface area is 150 Å². The lowest BCUT2D eigenvalue weighted by molar-refractivity contribution is 0.102. The van der Waals surface area contributed by atoms with Crippen LogP contribution in [-0.4, -0.2) is 37.7 Å². The summed E-state index contributed by atoms with van der Waals surface area (Å²) in [7, 11) is 1.48. The molecule has 3 aromatic rings. The molecule has 0 unspecified atom stereocenters. The quantitative estimate of drug-likeness (QED) is 0.777. The van der Waals surface area contributed by atoms with Gasteiger partial charge in [-0.1, -0.05) is 6.07 Å². The number of aryl methyl sites for hydroxylation is 1. The number of fused-ring (bicyclic) bond motifs is 1. The highest BCUT2D eigenvalue weighted by Gasteiger charge is 2.25. The fraction of sp³-hybridized carbons (Fsp3) is 0.278. The van der Waals surface area contributed by atoms with Gasteiger partial charge in [0.05, 0.1) is 7.11 Å². The molecule has 0 bridgehead atoms. The number of carbonyl (C=O) groups is 1. The van der Waals surface area contributed by atoms with Crippen molar-refractivity contribution in [2.24, 2.45) is 0 Å². The number of nitrogens with zero attached hydrogens (tertiary/aromatic N) is 5. The van der Waals surface area contributed by atoms with Crippen molar-refractivity contribution in [1.29, 1.82) is 0 Å². The maximum atomic E-state index is 12.5. The van der Waals surface area contributed by atoms with Gasteiger partial charge >= 0.3 is 0 Å². The largest absolute Gasteiger partial charge is 0.480 e. The Hall–Kier alpha value is -3.29. The summed E-state index contributed by atoms with van der Waals surface area (Å²) in [5, 5.41) is 11.3. The van der Waals surface area contributed by atoms with E-state index in [-0.39, 0.29) is 11.8 Å². The fourth-order valence-electron chi connectivity index (χ4n) is 3.14. The Bertz CT molecular complexity index is 968. The summed E-state index contributed by atoms with van der Waals surface area (Å²) < 4.78 is 7.24. The van der Waals surface area contributed by atoms with E-state index in [4.69, 9.17) is 4.74 Å². The number of rotatable bonds is 4. The second kappa shape index (κ2) is 6.55. The van der Waals surface area contributed by atoms with Crippen LogP contribution >= 0.6 is 0 Å². The zero-order valence-corrected chi connectivity index (χ0v) is 14.5. The molecule has 0 spiro atoms. The van der Waals surface area contributed by atoms with Crippen LogP contribution in [0, 0.1) is 0 Å². The van der Waals surface area contributed by atoms with Gasteiger partial charge in [0.2, 0.25) is 5.88 Å². The summed E-state index contributed by atoms with van der Waals surface area (Å²) in [5.74, 6) is 2.06. The van der Waals surface area contributed by atoms with Gasteiger partial charge in [-0.05, 0) is 37.6 Å². The normalized spacial score (nSPS) is 15.5. The number of nitrogens with one attached hydrogen (secondary N) is 1. The van der Waals surface area contributed by atoms with Crippen LogP contribution in [0.25, 0.3) is 11.5 Å². The summed E-state index contributed by atoms with van der Waals surface area (Å²) in [6.07, 6.45) is 3.54. The lowest BCUT2D eigenvalue weighted by Crippen LogP contribution is -2.15. The number of methoxy groups -OCH3 is 1. The minimum atomic E-state index is -0.334. The van der Waals surface area contributed by atoms with Crippen molar-refractivity contribution in [3.63, 3.8) is 0 Å². The predicted molar refractivity (Wildman–Crippen MR) is 95.0 cm³/mol. The Morgan fingerprint density at radius 2 is 2.15 bits per heavy atom. The fourth-order valence-corrected chi connectivity index (χ4v) is 3.14. The molecular weight excluding hydrogens is 332 g/mol. The van der Waals surface area contributed by atoms with Gasteiger partial charge in [0.15, 0.2) is 5.82 Å². The van der Waals surface area contributed by atoms with Gasteiger partial charge in [-0.3, -0.25) is 4.79 Å². The van der Waals surface area contributed by atoms with Crippen molar-refractivity contribution in [1.82, 2.24) is 24.7 Å². The van der Waals surface area contributed by atoms with Crippen molar-refractivity contribution in [3.8, 4) is 17.4 Å². The smallest absolute Gasteiger partial charge is 0.262 e. The first-order chi connectivity index (χ1) is 12.7. The van der Waals surface area contributed by atoms with Gasteiger partial charge in [0.25, 0.3) is 5.91 Å². The average Bonchev–Trinajstić information content (AvgIpc) is 3.25. The Balaban J connectivity index is 1.62. The molecule has 0 aliphatic carbocycles. The Morgan fingerprint density at radius 3 is 3.00 bits per heavy atom. The van der Waals surface area contributed by atoms with Crippen LogP contribution in [0.4, 0.5) is 5.82 Å². The molecule has 0 saturated carbocycles. The van der Waals surface area contributed by atoms with Crippen molar-refractivity contribution in [2.75, 3.05) is 12.4 Å². The Kier molecular flexibility index (Phi) is 4.08. The van der Waals surface area contributed by atoms with E-state index >= 15 is 0 Å². The van der Waals surface area contributed by atoms with Crippen molar-refractivity contribution in [2.45, 2.75) is 25.8 Å². The van der Waals surface area contributed by atoms with Gasteiger partial charge in [-0.2, -0.15) is 0 Å². The third-order valence-electron chi connectivity index (χ3n) is 4.42. The summed E-state index contributed by atoms with van der Waals surface area (Å²) in [6, 6.07) is 9.10. The third-order valence-corrected chi connectivity index (χ3v) is 4.42. The van der Waals surface area contributed by atoms with E-state index < -0.39 is 0 Å². The number of anilines is 1. The van der Waals surface area contributed by atoms with E-state index in [0.29, 0.717) is 23.1 Å². The van der Waals surface area contributed by atoms with Gasteiger partial charge in [-0.25, -0.2) is 9.97 Å². The van der Waals surface area contributed by atoms with Crippen LogP contribution < -0.4 is 10.1 Å². The molecule has 4 rings (SSSR count). The summed E-state index contributed by atoms with van der Waals surface area (Å²) in [6.45, 7) is 2.14. The molecule has 26 heavy (non-hydrogen) atoms. The molecule has 8 heteroatoms. The second-order valence-electron chi connectivity index (χ2n) is 6.12. The van der Waals surface area contributed by atoms with E-state index in [1.807, 2.05) is 12.1 Å². The van der Waals surface area contributed by atoms with E-state index in [9.17, 15) is 4.79 Å². The number of hydrogen-bond acceptors (Lipinski definition) is 6. The zero-order chi connectivity index (χ0) is 18.1. The number of hydrogen-bond donors (Lipinski definition) is 1. The zero-order valence-electron chi connectivity index (χ0n) is 14.5. The topological polar surface area (TPSA) is 94.8 Å². The van der Waals surface area contributed by atoms with Gasteiger partial charge < -0.3 is 14.6 Å². The van der Waals surface area contributed by atoms with Crippen molar-refractivity contribution < 1.29 is 9.53 Å². The summed E-state index contributed by atoms with van der Waals surface area (Å²) in [4.78, 5) is 21.1. The van der Waals surface area contributed by atoms with Crippen LogP contribution in [-0.2, 0) is 6.42 Å². The van der Waals surface area contributed by atoms with Crippen molar-refractivity contribution in [3.05, 3.63) is 47.9 Å². The molecule has 1 aliphatic heterocycles. The molecule has 132 valence electrons. The van der Waals surface area contributed by atoms with Crippen LogP contribution in [0.15, 0.2) is 36.5 Å². The molecule has 0 radical (unpaired) electrons. The predicted octanol–water partition coefficient (Wildman–Crippen LogP) is 2.50. The second-order valence-corrected chi connectivity index (χ2v) is 6.12. The standard InChI is InChI=1S/C18H18N6O2/c1-11-8-9-15-22-23-16(24(11)15)13-6-3-7-14(20-13)21-17(25)12-5-4-10-19-18(12)26-2/h3-7,10-11H,8-9H2,1-2H3,(H,20,21,25)/t11-/m0/s1. The first-order valence-electron chi connectivity index (χ1n) is 8.39. The molecule has 4 heterocycles. The monoisotopic (exact) mass is 350 g/mol. The minimum Gasteiger partial charge on any atom is -0.480 e. The molecule has 1 amide bonds. The first kappa shape index (κ1) is 16.2. The van der Waals surface area contributed by atoms with E-state index in [1.165, 1.54) is 7.11 Å². The highest BCUT2D eigenvalue weighted by Crippen LogP contribution is 2.30. The lowest BCUT2D eigenvalue weighted by Gasteiger charge is -2.11. The number of ether oxygens (including phenoxy) is 1. The number of carbonyl (C=O) groups excluding carboxylic acids is 1. The number of pyridine rings is 2. The molecular formula is C18H18N6O2. The molecule has 1 N–H and O–H groups in total. The van der Waals surface area contributed by atoms with Gasteiger partial charge in [-0.15, -0.1) is 10.2 Å². The molecule has 8 nitrogen and oxygen atoms in total. The summed E-state index contributed by atoms with van der Waals surface area (Å²) >= 11 is 0. The minimum absolute atomic E-state index is 0.269. The maximum Gasteiger partial charge on any atom is 0.262 e. The van der Waals surface area contributed by atoms with Crippen LogP contribution in [0.1, 0.15) is 35.6 Å². The van der Waals surface area contributed by atoms with E-state index in [1.54, 1.807) is 24.4 Å². The summed E-state index contributed by atoms with van der Waals surface area (Å²) in [5.41, 5.74) is 1.02. The number of aromatic nitrogens is 5. The molecule has 1 atom stereocenters. The maximum absolute atomic E-state index is 12.5. The lowest BCUT2D eigenvalue weighted by atomic mass is 10.2. The molecule has 1 aliphatic rings. The molecule has 0 aromatic carbocycles. The number of amides is 1. The Morgan fingerprint density at radius 1 is 1.27 bits per heavy atom. The van der Waals surface area contributed by atoms with E-state index in [2.05, 4.69) is 37.0 Å². The van der Waals surface area contributed by atoms with Crippen LogP contribution in [0.5, 0.6) is 5.88 Å². The van der Waals surface area contributed by atoms with Gasteiger partial charge in [0, 0.05) is 18.7 Å². The highest BCUT2D eigenvalue weighted by atomic mass is 16.5. The highest BCUT2D eigenvalue weighted by molar-refractivity contribution is 6.05. The van der Waals surface area contributed by atoms with Crippen molar-refractivity contribution >= 4 is 11.7 Å². The molecule has 3 aromatic heterocycles. The molecule has 0 saturated heterocycles. The van der Waals surface area contributed by atoms with Gasteiger partial charge in [0.1, 0.15) is 22.9 Å². The SMILES string of the molecule is COc1ncccc1C(=O)Nc1cccc(-c2nnc3n2[C@@H](C)CC3)n1. The van der Waals surface area contributed by atoms with E-state index in [0.717, 1.165) is 24.5 Å². The van der Waals surface area contributed by atoms with Crippen LogP contribution in [0.3, 0.4) is 0 Å². The van der Waals surface area contributed by atoms with Crippen LogP contribution in [0.2, 0.25) is 0 Å². The first-order valence-corrected chi connectivity index (χ1v) is 8.39.